The minimum absolute atomic E-state index is 0.277. The van der Waals surface area contributed by atoms with E-state index in [-0.39, 0.29) is 5.75 Å². The lowest BCUT2D eigenvalue weighted by Crippen LogP contribution is -2.28. The fourth-order valence-electron chi connectivity index (χ4n) is 5.45. The van der Waals surface area contributed by atoms with Gasteiger partial charge in [-0.1, -0.05) is 114 Å². The maximum atomic E-state index is 11.3. The highest BCUT2D eigenvalue weighted by Gasteiger charge is 2.17. The molecule has 0 saturated heterocycles. The number of aliphatic hydroxyl groups is 1. The molecular formula is C33H49NO2. The second kappa shape index (κ2) is 15.9. The maximum Gasteiger partial charge on any atom is 0.123 e. The zero-order valence-corrected chi connectivity index (χ0v) is 22.9. The number of benzene rings is 3. The van der Waals surface area contributed by atoms with Gasteiger partial charge in [-0.05, 0) is 66.2 Å². The smallest absolute Gasteiger partial charge is 0.123 e. The number of fused-ring (bicyclic) bond motifs is 3. The molecule has 0 radical (unpaired) electrons. The minimum Gasteiger partial charge on any atom is -0.507 e. The minimum atomic E-state index is -0.546. The van der Waals surface area contributed by atoms with Crippen molar-refractivity contribution < 1.29 is 10.2 Å². The van der Waals surface area contributed by atoms with E-state index in [9.17, 15) is 10.2 Å². The lowest BCUT2D eigenvalue weighted by Gasteiger charge is -2.24. The van der Waals surface area contributed by atoms with Crippen molar-refractivity contribution in [2.75, 3.05) is 19.6 Å². The van der Waals surface area contributed by atoms with Crippen LogP contribution in [-0.4, -0.2) is 34.7 Å². The molecule has 1 unspecified atom stereocenters. The lowest BCUT2D eigenvalue weighted by atomic mass is 9.93. The van der Waals surface area contributed by atoms with E-state index >= 15 is 0 Å². The third kappa shape index (κ3) is 8.49. The third-order valence-electron chi connectivity index (χ3n) is 7.64. The van der Waals surface area contributed by atoms with Crippen LogP contribution in [0.2, 0.25) is 0 Å². The molecule has 1 atom stereocenters. The molecule has 0 spiro atoms. The van der Waals surface area contributed by atoms with Gasteiger partial charge >= 0.3 is 0 Å². The Balaban J connectivity index is 1.64. The number of hydrogen-bond donors (Lipinski definition) is 2. The number of phenols is 1. The van der Waals surface area contributed by atoms with Crippen molar-refractivity contribution in [3.05, 3.63) is 54.1 Å². The molecule has 0 saturated carbocycles. The Morgan fingerprint density at radius 1 is 0.611 bits per heavy atom. The van der Waals surface area contributed by atoms with Crippen molar-refractivity contribution >= 4 is 21.5 Å². The topological polar surface area (TPSA) is 43.7 Å². The van der Waals surface area contributed by atoms with Crippen LogP contribution in [-0.2, 0) is 0 Å². The van der Waals surface area contributed by atoms with E-state index in [2.05, 4.69) is 36.9 Å². The summed E-state index contributed by atoms with van der Waals surface area (Å²) in [5.74, 6) is 0.277. The van der Waals surface area contributed by atoms with Gasteiger partial charge in [0.2, 0.25) is 0 Å². The van der Waals surface area contributed by atoms with Crippen LogP contribution >= 0.6 is 0 Å². The molecule has 3 nitrogen and oxygen atoms in total. The summed E-state index contributed by atoms with van der Waals surface area (Å²) in [5, 5.41) is 25.9. The second-order valence-corrected chi connectivity index (χ2v) is 10.6. The van der Waals surface area contributed by atoms with Gasteiger partial charge in [0.15, 0.2) is 0 Å². The highest BCUT2D eigenvalue weighted by atomic mass is 16.3. The van der Waals surface area contributed by atoms with E-state index < -0.39 is 6.10 Å². The molecule has 0 fully saturated rings. The van der Waals surface area contributed by atoms with Crippen LogP contribution in [0.1, 0.15) is 109 Å². The van der Waals surface area contributed by atoms with Gasteiger partial charge in [-0.15, -0.1) is 0 Å². The zero-order valence-electron chi connectivity index (χ0n) is 22.9. The highest BCUT2D eigenvalue weighted by molar-refractivity contribution is 6.10. The fourth-order valence-corrected chi connectivity index (χ4v) is 5.45. The third-order valence-corrected chi connectivity index (χ3v) is 7.64. The summed E-state index contributed by atoms with van der Waals surface area (Å²) in [4.78, 5) is 2.59. The molecule has 0 aliphatic rings. The summed E-state index contributed by atoms with van der Waals surface area (Å²) in [6.07, 6.45) is 16.0. The van der Waals surface area contributed by atoms with E-state index in [1.54, 1.807) is 6.07 Å². The Hall–Kier alpha value is -2.10. The van der Waals surface area contributed by atoms with E-state index in [4.69, 9.17) is 0 Å². The monoisotopic (exact) mass is 491 g/mol. The van der Waals surface area contributed by atoms with Crippen LogP contribution < -0.4 is 0 Å². The number of hydrogen-bond acceptors (Lipinski definition) is 3. The van der Waals surface area contributed by atoms with Crippen LogP contribution in [0, 0.1) is 0 Å². The van der Waals surface area contributed by atoms with Crippen LogP contribution in [0.25, 0.3) is 21.5 Å². The molecule has 3 aromatic carbocycles. The number of rotatable bonds is 18. The standard InChI is InChI=1S/C33H49NO2/c1-3-5-7-9-11-15-23-34(24-16-12-10-8-6-4-2)25-22-33(36)31-26-30-29(20-17-21-32(30)35)27-18-13-14-19-28(27)31/h13-14,17-21,26,33,35-36H,3-12,15-16,22-25H2,1-2H3. The summed E-state index contributed by atoms with van der Waals surface area (Å²) in [7, 11) is 0. The molecule has 3 heteroatoms. The number of aromatic hydroxyl groups is 1. The molecule has 0 heterocycles. The average Bonchev–Trinajstić information content (AvgIpc) is 2.90. The van der Waals surface area contributed by atoms with Crippen molar-refractivity contribution in [1.29, 1.82) is 0 Å². The Morgan fingerprint density at radius 2 is 1.14 bits per heavy atom. The van der Waals surface area contributed by atoms with Gasteiger partial charge in [-0.2, -0.15) is 0 Å². The van der Waals surface area contributed by atoms with Crippen molar-refractivity contribution in [2.45, 2.75) is 103 Å². The first-order valence-electron chi connectivity index (χ1n) is 14.7. The summed E-state index contributed by atoms with van der Waals surface area (Å²) >= 11 is 0. The Labute approximate surface area is 219 Å². The summed E-state index contributed by atoms with van der Waals surface area (Å²) in [5.41, 5.74) is 0.929. The molecule has 0 aliphatic heterocycles. The molecule has 3 aromatic rings. The van der Waals surface area contributed by atoms with E-state index in [1.165, 1.54) is 77.0 Å². The van der Waals surface area contributed by atoms with E-state index in [1.807, 2.05) is 24.3 Å². The molecule has 36 heavy (non-hydrogen) atoms. The molecular weight excluding hydrogens is 442 g/mol. The van der Waals surface area contributed by atoms with Gasteiger partial charge in [-0.3, -0.25) is 0 Å². The number of phenolic OH excluding ortho intramolecular Hbond substituents is 1. The van der Waals surface area contributed by atoms with Crippen LogP contribution in [0.5, 0.6) is 5.75 Å². The fraction of sp³-hybridized carbons (Fsp3) is 0.576. The van der Waals surface area contributed by atoms with Gasteiger partial charge in [0, 0.05) is 11.9 Å². The molecule has 0 bridgehead atoms. The van der Waals surface area contributed by atoms with Gasteiger partial charge in [-0.25, -0.2) is 0 Å². The quantitative estimate of drug-likeness (QED) is 0.138. The van der Waals surface area contributed by atoms with Crippen LogP contribution in [0.4, 0.5) is 0 Å². The highest BCUT2D eigenvalue weighted by Crippen LogP contribution is 2.36. The summed E-state index contributed by atoms with van der Waals surface area (Å²) < 4.78 is 0. The molecule has 0 amide bonds. The Bertz CT molecular complexity index is 1010. The average molecular weight is 492 g/mol. The largest absolute Gasteiger partial charge is 0.507 e. The van der Waals surface area contributed by atoms with Gasteiger partial charge in [0.05, 0.1) is 6.10 Å². The predicted molar refractivity (Wildman–Crippen MR) is 156 cm³/mol. The molecule has 198 valence electrons. The Kier molecular flexibility index (Phi) is 12.6. The molecule has 0 aromatic heterocycles. The van der Waals surface area contributed by atoms with Crippen molar-refractivity contribution in [3.8, 4) is 5.75 Å². The molecule has 0 aliphatic carbocycles. The first kappa shape index (κ1) is 28.5. The predicted octanol–water partition coefficient (Wildman–Crippen LogP) is 9.15. The van der Waals surface area contributed by atoms with E-state index in [0.717, 1.165) is 53.2 Å². The lowest BCUT2D eigenvalue weighted by molar-refractivity contribution is 0.141. The first-order chi connectivity index (χ1) is 17.7. The van der Waals surface area contributed by atoms with Crippen molar-refractivity contribution in [2.24, 2.45) is 0 Å². The van der Waals surface area contributed by atoms with Gasteiger partial charge in [0.25, 0.3) is 0 Å². The van der Waals surface area contributed by atoms with Gasteiger partial charge < -0.3 is 15.1 Å². The Morgan fingerprint density at radius 3 is 1.78 bits per heavy atom. The number of aliphatic hydroxyl groups excluding tert-OH is 1. The molecule has 2 N–H and O–H groups in total. The normalized spacial score (nSPS) is 12.7. The number of unbranched alkanes of at least 4 members (excludes halogenated alkanes) is 10. The SMILES string of the molecule is CCCCCCCCN(CCCCCCCC)CCC(O)c1cc2c(O)cccc2c2ccccc12. The van der Waals surface area contributed by atoms with Gasteiger partial charge in [0.1, 0.15) is 5.75 Å². The van der Waals surface area contributed by atoms with Crippen LogP contribution in [0.3, 0.4) is 0 Å². The van der Waals surface area contributed by atoms with E-state index in [0.29, 0.717) is 0 Å². The van der Waals surface area contributed by atoms with Crippen LogP contribution in [0.15, 0.2) is 48.5 Å². The van der Waals surface area contributed by atoms with Crippen molar-refractivity contribution in [1.82, 2.24) is 4.90 Å². The van der Waals surface area contributed by atoms with Crippen molar-refractivity contribution in [3.63, 3.8) is 0 Å². The number of nitrogens with zero attached hydrogens (tertiary/aromatic N) is 1. The molecule has 3 rings (SSSR count). The second-order valence-electron chi connectivity index (χ2n) is 10.6. The summed E-state index contributed by atoms with van der Waals surface area (Å²) in [6.45, 7) is 7.72. The maximum absolute atomic E-state index is 11.3. The summed E-state index contributed by atoms with van der Waals surface area (Å²) in [6, 6.07) is 15.9. The zero-order chi connectivity index (χ0) is 25.6. The first-order valence-corrected chi connectivity index (χ1v) is 14.7.